The first kappa shape index (κ1) is 13.8. The molecule has 7 heteroatoms. The minimum atomic E-state index is -3.69. The lowest BCUT2D eigenvalue weighted by Crippen LogP contribution is -2.24. The molecule has 0 bridgehead atoms. The number of hydrogen-bond acceptors (Lipinski definition) is 5. The molecule has 0 aliphatic rings. The number of sulfonamides is 1. The summed E-state index contributed by atoms with van der Waals surface area (Å²) in [5, 5.41) is 0. The highest BCUT2D eigenvalue weighted by Crippen LogP contribution is 2.29. The van der Waals surface area contributed by atoms with Gasteiger partial charge in [-0.25, -0.2) is 8.42 Å². The monoisotopic (exact) mass is 261 g/mol. The summed E-state index contributed by atoms with van der Waals surface area (Å²) in [4.78, 5) is 6.71. The van der Waals surface area contributed by atoms with E-state index in [0.29, 0.717) is 11.5 Å². The Morgan fingerprint density at radius 1 is 1.18 bits per heavy atom. The molecule has 0 amide bonds. The number of rotatable bonds is 6. The minimum absolute atomic E-state index is 0.0450. The van der Waals surface area contributed by atoms with Crippen molar-refractivity contribution in [1.82, 2.24) is 4.89 Å². The van der Waals surface area contributed by atoms with Gasteiger partial charge in [0.05, 0.1) is 25.7 Å². The first-order valence-corrected chi connectivity index (χ1v) is 6.39. The van der Waals surface area contributed by atoms with Crippen molar-refractivity contribution in [3.8, 4) is 11.5 Å². The van der Waals surface area contributed by atoms with E-state index in [9.17, 15) is 8.42 Å². The van der Waals surface area contributed by atoms with Crippen molar-refractivity contribution in [3.63, 3.8) is 0 Å². The van der Waals surface area contributed by atoms with E-state index in [0.717, 1.165) is 0 Å². The van der Waals surface area contributed by atoms with E-state index in [4.69, 9.17) is 9.47 Å². The van der Waals surface area contributed by atoms with Crippen LogP contribution in [0.2, 0.25) is 0 Å². The fourth-order valence-corrected chi connectivity index (χ4v) is 2.05. The lowest BCUT2D eigenvalue weighted by atomic mass is 10.3. The summed E-state index contributed by atoms with van der Waals surface area (Å²) in [7, 11) is -0.776. The van der Waals surface area contributed by atoms with Gasteiger partial charge in [0.1, 0.15) is 0 Å². The normalized spacial score (nSPS) is 11.2. The second-order valence-corrected chi connectivity index (χ2v) is 4.68. The Hall–Kier alpha value is -1.31. The molecule has 0 heterocycles. The third-order valence-corrected chi connectivity index (χ3v) is 3.19. The van der Waals surface area contributed by atoms with Crippen LogP contribution in [-0.4, -0.2) is 29.2 Å². The van der Waals surface area contributed by atoms with Crippen molar-refractivity contribution in [1.29, 1.82) is 0 Å². The third-order valence-electron chi connectivity index (χ3n) is 1.98. The zero-order valence-corrected chi connectivity index (χ0v) is 10.7. The Balaban J connectivity index is 3.07. The van der Waals surface area contributed by atoms with Crippen molar-refractivity contribution in [2.45, 2.75) is 11.8 Å². The van der Waals surface area contributed by atoms with Gasteiger partial charge in [-0.05, 0) is 19.1 Å². The molecule has 1 aromatic carbocycles. The molecule has 0 spiro atoms. The lowest BCUT2D eigenvalue weighted by molar-refractivity contribution is 0.105. The van der Waals surface area contributed by atoms with Crippen molar-refractivity contribution in [2.75, 3.05) is 20.8 Å². The molecule has 1 N–H and O–H groups in total. The van der Waals surface area contributed by atoms with Gasteiger partial charge in [-0.2, -0.15) is 0 Å². The van der Waals surface area contributed by atoms with Crippen LogP contribution in [0.15, 0.2) is 23.1 Å². The van der Waals surface area contributed by atoms with E-state index in [-0.39, 0.29) is 11.5 Å². The van der Waals surface area contributed by atoms with E-state index >= 15 is 0 Å². The maximum Gasteiger partial charge on any atom is 0.262 e. The maximum atomic E-state index is 11.7. The molecule has 1 aromatic rings. The van der Waals surface area contributed by atoms with Gasteiger partial charge >= 0.3 is 0 Å². The molecule has 1 rings (SSSR count). The fourth-order valence-electron chi connectivity index (χ4n) is 1.17. The quantitative estimate of drug-likeness (QED) is 0.771. The number of hydrogen-bond donors (Lipinski definition) is 1. The van der Waals surface area contributed by atoms with Gasteiger partial charge in [-0.3, -0.25) is 4.84 Å². The third kappa shape index (κ3) is 3.32. The molecule has 0 unspecified atom stereocenters. The summed E-state index contributed by atoms with van der Waals surface area (Å²) in [5.41, 5.74) is 0. The van der Waals surface area contributed by atoms with Gasteiger partial charge < -0.3 is 9.47 Å². The summed E-state index contributed by atoms with van der Waals surface area (Å²) in [5.74, 6) is 0.801. The second-order valence-electron chi connectivity index (χ2n) is 3.04. The van der Waals surface area contributed by atoms with Crippen molar-refractivity contribution in [3.05, 3.63) is 18.2 Å². The molecule has 0 atom stereocenters. The summed E-state index contributed by atoms with van der Waals surface area (Å²) < 4.78 is 33.5. The fraction of sp³-hybridized carbons (Fsp3) is 0.400. The van der Waals surface area contributed by atoms with E-state index < -0.39 is 10.0 Å². The molecule has 0 saturated heterocycles. The first-order chi connectivity index (χ1) is 8.05. The highest BCUT2D eigenvalue weighted by molar-refractivity contribution is 7.89. The SMILES string of the molecule is CCONS(=O)(=O)c1ccc(OC)c(OC)c1. The van der Waals surface area contributed by atoms with Gasteiger partial charge in [-0.15, -0.1) is 0 Å². The number of methoxy groups -OCH3 is 2. The maximum absolute atomic E-state index is 11.7. The number of ether oxygens (including phenoxy) is 2. The smallest absolute Gasteiger partial charge is 0.262 e. The molecule has 17 heavy (non-hydrogen) atoms. The minimum Gasteiger partial charge on any atom is -0.493 e. The number of nitrogens with one attached hydrogen (secondary N) is 1. The molecule has 0 radical (unpaired) electrons. The molecule has 0 aromatic heterocycles. The Morgan fingerprint density at radius 3 is 2.35 bits per heavy atom. The van der Waals surface area contributed by atoms with Crippen LogP contribution in [0, 0.1) is 0 Å². The molecule has 6 nitrogen and oxygen atoms in total. The predicted octanol–water partition coefficient (Wildman–Crippen LogP) is 0.934. The predicted molar refractivity (Wildman–Crippen MR) is 61.5 cm³/mol. The Bertz CT molecular complexity index is 472. The standard InChI is InChI=1S/C10H15NO5S/c1-4-16-11-17(12,13)8-5-6-9(14-2)10(7-8)15-3/h5-7,11H,4H2,1-3H3. The van der Waals surface area contributed by atoms with E-state index in [1.807, 2.05) is 4.89 Å². The van der Waals surface area contributed by atoms with Crippen LogP contribution < -0.4 is 14.4 Å². The van der Waals surface area contributed by atoms with Crippen LogP contribution in [0.4, 0.5) is 0 Å². The van der Waals surface area contributed by atoms with Gasteiger partial charge in [0.25, 0.3) is 10.0 Å². The summed E-state index contributed by atoms with van der Waals surface area (Å²) in [6.07, 6.45) is 0. The van der Waals surface area contributed by atoms with Crippen LogP contribution >= 0.6 is 0 Å². The van der Waals surface area contributed by atoms with Crippen LogP contribution in [0.3, 0.4) is 0 Å². The topological polar surface area (TPSA) is 73.9 Å². The highest BCUT2D eigenvalue weighted by Gasteiger charge is 2.16. The van der Waals surface area contributed by atoms with Gasteiger partial charge in [-0.1, -0.05) is 4.89 Å². The molecular weight excluding hydrogens is 246 g/mol. The van der Waals surface area contributed by atoms with E-state index in [1.54, 1.807) is 6.92 Å². The van der Waals surface area contributed by atoms with Gasteiger partial charge in [0.15, 0.2) is 11.5 Å². The highest BCUT2D eigenvalue weighted by atomic mass is 32.2. The Morgan fingerprint density at radius 2 is 1.82 bits per heavy atom. The van der Waals surface area contributed by atoms with Crippen LogP contribution in [0.1, 0.15) is 6.92 Å². The van der Waals surface area contributed by atoms with Crippen LogP contribution in [0.25, 0.3) is 0 Å². The molecule has 0 aliphatic heterocycles. The van der Waals surface area contributed by atoms with Gasteiger partial charge in [0.2, 0.25) is 0 Å². The van der Waals surface area contributed by atoms with Crippen molar-refractivity contribution < 1.29 is 22.7 Å². The summed E-state index contributed by atoms with van der Waals surface area (Å²) in [6.45, 7) is 1.92. The zero-order valence-electron chi connectivity index (χ0n) is 9.89. The second kappa shape index (κ2) is 5.85. The molecular formula is C10H15NO5S. The Kier molecular flexibility index (Phi) is 4.73. The van der Waals surface area contributed by atoms with Crippen molar-refractivity contribution >= 4 is 10.0 Å². The first-order valence-electron chi connectivity index (χ1n) is 4.90. The van der Waals surface area contributed by atoms with Crippen LogP contribution in [0.5, 0.6) is 11.5 Å². The molecule has 96 valence electrons. The summed E-state index contributed by atoms with van der Waals surface area (Å²) in [6, 6.07) is 4.28. The van der Waals surface area contributed by atoms with E-state index in [2.05, 4.69) is 4.84 Å². The average molecular weight is 261 g/mol. The van der Waals surface area contributed by atoms with Crippen molar-refractivity contribution in [2.24, 2.45) is 0 Å². The lowest BCUT2D eigenvalue weighted by Gasteiger charge is -2.10. The average Bonchev–Trinajstić information content (AvgIpc) is 2.35. The Labute approximate surface area is 100 Å². The van der Waals surface area contributed by atoms with E-state index in [1.165, 1.54) is 32.4 Å². The number of benzene rings is 1. The summed E-state index contributed by atoms with van der Waals surface area (Å²) >= 11 is 0. The van der Waals surface area contributed by atoms with Crippen LogP contribution in [-0.2, 0) is 14.9 Å². The molecule has 0 aliphatic carbocycles. The largest absolute Gasteiger partial charge is 0.493 e. The molecule has 0 saturated carbocycles. The molecule has 0 fully saturated rings. The zero-order chi connectivity index (χ0) is 12.9. The van der Waals surface area contributed by atoms with Gasteiger partial charge in [0, 0.05) is 6.07 Å².